The topological polar surface area (TPSA) is 64.6 Å². The summed E-state index contributed by atoms with van der Waals surface area (Å²) in [5.41, 5.74) is -1.71. The van der Waals surface area contributed by atoms with Gasteiger partial charge in [-0.05, 0) is 0 Å². The molecule has 182 valence electrons. The zero-order chi connectivity index (χ0) is 23.7. The van der Waals surface area contributed by atoms with E-state index in [1.165, 1.54) is 0 Å². The van der Waals surface area contributed by atoms with Gasteiger partial charge in [0.25, 0.3) is 0 Å². The molecule has 7 nitrogen and oxygen atoms in total. The normalized spacial score (nSPS) is 14.4. The molecule has 0 aliphatic carbocycles. The Hall–Kier alpha value is 0.820. The summed E-state index contributed by atoms with van der Waals surface area (Å²) in [5.74, 6) is 0. The molecule has 0 aliphatic rings. The molecular formula is C21H48O7SiZr. The second-order valence-corrected chi connectivity index (χ2v) is 18.2. The van der Waals surface area contributed by atoms with Crippen LogP contribution in [0.3, 0.4) is 0 Å². The first-order valence-corrected chi connectivity index (χ1v) is 16.9. The number of hydrogen-bond acceptors (Lipinski definition) is 7. The Kier molecular flexibility index (Phi) is 13.3. The van der Waals surface area contributed by atoms with Crippen LogP contribution in [0, 0.1) is 0 Å². The third kappa shape index (κ3) is 14.1. The quantitative estimate of drug-likeness (QED) is 0.256. The van der Waals surface area contributed by atoms with E-state index >= 15 is 0 Å². The molecule has 0 bridgehead atoms. The fourth-order valence-electron chi connectivity index (χ4n) is 2.30. The third-order valence-electron chi connectivity index (χ3n) is 2.99. The molecule has 0 aromatic carbocycles. The van der Waals surface area contributed by atoms with Gasteiger partial charge >= 0.3 is 194 Å². The maximum atomic E-state index is 6.68. The van der Waals surface area contributed by atoms with E-state index in [4.69, 9.17) is 24.2 Å². The van der Waals surface area contributed by atoms with Crippen LogP contribution in [-0.2, 0) is 46.2 Å². The van der Waals surface area contributed by atoms with Gasteiger partial charge in [-0.25, -0.2) is 0 Å². The van der Waals surface area contributed by atoms with Gasteiger partial charge in [0.05, 0.1) is 0 Å². The van der Waals surface area contributed by atoms with Crippen molar-refractivity contribution in [3.63, 3.8) is 0 Å². The van der Waals surface area contributed by atoms with Crippen molar-refractivity contribution in [2.24, 2.45) is 0 Å². The minimum absolute atomic E-state index is 0.481. The first kappa shape index (κ1) is 30.8. The van der Waals surface area contributed by atoms with Gasteiger partial charge in [-0.15, -0.1) is 0 Å². The van der Waals surface area contributed by atoms with Crippen molar-refractivity contribution >= 4 is 9.05 Å². The Bertz CT molecular complexity index is 407. The molecule has 0 aliphatic heterocycles. The summed E-state index contributed by atoms with van der Waals surface area (Å²) in [6.45, 7) is 25.2. The van der Waals surface area contributed by atoms with Gasteiger partial charge in [0.1, 0.15) is 0 Å². The van der Waals surface area contributed by atoms with E-state index in [9.17, 15) is 0 Å². The van der Waals surface area contributed by atoms with Gasteiger partial charge in [0.15, 0.2) is 0 Å². The second kappa shape index (κ2) is 12.9. The van der Waals surface area contributed by atoms with Crippen LogP contribution in [-0.4, -0.2) is 45.7 Å². The Morgan fingerprint density at radius 3 is 1.00 bits per heavy atom. The molecule has 0 saturated carbocycles. The van der Waals surface area contributed by atoms with Crippen molar-refractivity contribution in [3.05, 3.63) is 0 Å². The number of rotatable bonds is 14. The third-order valence-corrected chi connectivity index (χ3v) is 13.9. The molecular weight excluding hydrogens is 484 g/mol. The molecule has 0 rings (SSSR count). The second-order valence-electron chi connectivity index (χ2n) is 10.3. The van der Waals surface area contributed by atoms with Crippen molar-refractivity contribution in [2.75, 3.05) is 19.8 Å². The summed E-state index contributed by atoms with van der Waals surface area (Å²) in [4.78, 5) is 0. The zero-order valence-corrected chi connectivity index (χ0v) is 25.1. The van der Waals surface area contributed by atoms with Crippen LogP contribution in [0.4, 0.5) is 0 Å². The molecule has 0 amide bonds. The van der Waals surface area contributed by atoms with Crippen molar-refractivity contribution in [2.45, 2.75) is 119 Å². The molecule has 0 aromatic heterocycles. The van der Waals surface area contributed by atoms with Crippen molar-refractivity contribution in [1.29, 1.82) is 0 Å². The monoisotopic (exact) mass is 530 g/mol. The summed E-state index contributed by atoms with van der Waals surface area (Å²) in [6, 6.07) is 0. The van der Waals surface area contributed by atoms with Gasteiger partial charge in [-0.2, -0.15) is 0 Å². The van der Waals surface area contributed by atoms with Crippen LogP contribution in [0.1, 0.15) is 102 Å². The molecule has 30 heavy (non-hydrogen) atoms. The van der Waals surface area contributed by atoms with E-state index < -0.39 is 47.9 Å². The standard InChI is InChI=1S/C12H27O4Si.3C3H7O.Zr/c1-10(2,3)14-17(13,15-11(4,5)6)16-12(7,8)9;3*1-2-3-4;/h1-9H3;3*2-3H2,1H3;/q4*-1;+4. The SMILES string of the molecule is CCC[O][Zr]([O]CCC)([O]CCC)[O][Si](OC(C)(C)C)(OC(C)(C)C)OC(C)(C)C. The Morgan fingerprint density at radius 2 is 0.800 bits per heavy atom. The van der Waals surface area contributed by atoms with E-state index in [0.717, 1.165) is 19.3 Å². The van der Waals surface area contributed by atoms with Gasteiger partial charge in [-0.1, -0.05) is 0 Å². The molecule has 0 radical (unpaired) electrons. The molecule has 0 saturated heterocycles. The summed E-state index contributed by atoms with van der Waals surface area (Å²) in [6.07, 6.45) is 2.46. The van der Waals surface area contributed by atoms with Crippen LogP contribution < -0.4 is 0 Å². The molecule has 0 fully saturated rings. The van der Waals surface area contributed by atoms with Crippen molar-refractivity contribution < 1.29 is 46.2 Å². The molecule has 0 spiro atoms. The minimum atomic E-state index is -4.55. The molecule has 0 aromatic rings. The van der Waals surface area contributed by atoms with Gasteiger partial charge in [0.2, 0.25) is 0 Å². The predicted octanol–water partition coefficient (Wildman–Crippen LogP) is 5.98. The summed E-state index contributed by atoms with van der Waals surface area (Å²) < 4.78 is 44.7. The molecule has 0 N–H and O–H groups in total. The molecule has 0 atom stereocenters. The summed E-state index contributed by atoms with van der Waals surface area (Å²) in [5, 5.41) is 0. The van der Waals surface area contributed by atoms with E-state index in [-0.39, 0.29) is 0 Å². The van der Waals surface area contributed by atoms with Crippen LogP contribution in [0.2, 0.25) is 0 Å². The van der Waals surface area contributed by atoms with E-state index in [0.29, 0.717) is 19.8 Å². The zero-order valence-electron chi connectivity index (χ0n) is 21.6. The first-order chi connectivity index (χ1) is 13.5. The van der Waals surface area contributed by atoms with Crippen LogP contribution in [0.5, 0.6) is 0 Å². The van der Waals surface area contributed by atoms with Gasteiger partial charge in [0, 0.05) is 0 Å². The van der Waals surface area contributed by atoms with Crippen molar-refractivity contribution in [3.8, 4) is 0 Å². The summed E-state index contributed by atoms with van der Waals surface area (Å²) >= 11 is -4.55. The van der Waals surface area contributed by atoms with Crippen molar-refractivity contribution in [1.82, 2.24) is 0 Å². The maximum absolute atomic E-state index is 6.68. The van der Waals surface area contributed by atoms with E-state index in [1.807, 2.05) is 83.1 Å². The Morgan fingerprint density at radius 1 is 0.533 bits per heavy atom. The Labute approximate surface area is 193 Å². The molecule has 0 unspecified atom stereocenters. The van der Waals surface area contributed by atoms with E-state index in [1.54, 1.807) is 0 Å². The summed E-state index contributed by atoms with van der Waals surface area (Å²) in [7, 11) is -3.77. The van der Waals surface area contributed by atoms with Crippen LogP contribution >= 0.6 is 0 Å². The van der Waals surface area contributed by atoms with Gasteiger partial charge < -0.3 is 0 Å². The first-order valence-electron chi connectivity index (χ1n) is 11.2. The predicted molar refractivity (Wildman–Crippen MR) is 118 cm³/mol. The fourth-order valence-corrected chi connectivity index (χ4v) is 13.7. The molecule has 0 heterocycles. The van der Waals surface area contributed by atoms with Crippen LogP contribution in [0.15, 0.2) is 0 Å². The number of hydrogen-bond donors (Lipinski definition) is 0. The molecule has 9 heteroatoms. The average molecular weight is 532 g/mol. The Balaban J connectivity index is 6.40. The average Bonchev–Trinajstić information content (AvgIpc) is 2.50. The van der Waals surface area contributed by atoms with E-state index in [2.05, 4.69) is 0 Å². The van der Waals surface area contributed by atoms with Crippen LogP contribution in [0.25, 0.3) is 0 Å². The van der Waals surface area contributed by atoms with Gasteiger partial charge in [-0.3, -0.25) is 0 Å². The fraction of sp³-hybridized carbons (Fsp3) is 1.00.